The molecule has 1 aromatic carbocycles. The van der Waals surface area contributed by atoms with Crippen LogP contribution in [0.4, 0.5) is 39.4 Å². The number of pyridine rings is 1. The van der Waals surface area contributed by atoms with Crippen molar-refractivity contribution in [1.82, 2.24) is 20.3 Å². The fourth-order valence-electron chi connectivity index (χ4n) is 5.67. The molecule has 16 heteroatoms. The molecule has 3 N–H and O–H groups in total. The molecular formula is C25H26F5N7O3S. The van der Waals surface area contributed by atoms with Crippen LogP contribution in [0.5, 0.6) is 5.88 Å². The normalized spacial score (nSPS) is 22.3. The van der Waals surface area contributed by atoms with Crippen LogP contribution in [0, 0.1) is 18.6 Å². The number of nitrogen functional groups attached to an aromatic ring is 1. The number of nitrogens with one attached hydrogen (secondary N) is 1. The number of hydrogen-bond donors (Lipinski definition) is 2. The Labute approximate surface area is 231 Å². The van der Waals surface area contributed by atoms with Gasteiger partial charge in [-0.2, -0.15) is 18.2 Å². The van der Waals surface area contributed by atoms with E-state index < -0.39 is 61.8 Å². The summed E-state index contributed by atoms with van der Waals surface area (Å²) >= 11 is 0. The summed E-state index contributed by atoms with van der Waals surface area (Å²) < 4.78 is 104. The first kappa shape index (κ1) is 27.6. The molecule has 5 heterocycles. The molecule has 0 unspecified atom stereocenters. The number of hydrogen-bond acceptors (Lipinski definition) is 10. The Morgan fingerprint density at radius 3 is 2.49 bits per heavy atom. The number of fused-ring (bicyclic) bond motifs is 2. The molecule has 0 radical (unpaired) electrons. The minimum Gasteiger partial charge on any atom is -0.472 e. The minimum absolute atomic E-state index is 0.0297. The highest BCUT2D eigenvalue weighted by Crippen LogP contribution is 2.46. The van der Waals surface area contributed by atoms with Crippen LogP contribution in [0.15, 0.2) is 6.07 Å². The third-order valence-electron chi connectivity index (χ3n) is 7.81. The average Bonchev–Trinajstić information content (AvgIpc) is 3.03. The van der Waals surface area contributed by atoms with Gasteiger partial charge in [0.25, 0.3) is 0 Å². The summed E-state index contributed by atoms with van der Waals surface area (Å²) in [6.07, 6.45) is -5.61. The number of aromatic nitrogens is 3. The monoisotopic (exact) mass is 599 g/mol. The van der Waals surface area contributed by atoms with Crippen LogP contribution in [-0.4, -0.2) is 79.7 Å². The van der Waals surface area contributed by atoms with Gasteiger partial charge in [0, 0.05) is 38.3 Å². The lowest BCUT2D eigenvalue weighted by Gasteiger charge is -2.38. The van der Waals surface area contributed by atoms with Crippen molar-refractivity contribution in [1.29, 1.82) is 0 Å². The highest BCUT2D eigenvalue weighted by molar-refractivity contribution is 7.91. The molecule has 2 aromatic heterocycles. The van der Waals surface area contributed by atoms with E-state index in [9.17, 15) is 26.0 Å². The van der Waals surface area contributed by atoms with E-state index >= 15 is 4.39 Å². The molecule has 220 valence electrons. The molecule has 3 aliphatic heterocycles. The second-order valence-electron chi connectivity index (χ2n) is 10.4. The highest BCUT2D eigenvalue weighted by atomic mass is 32.2. The number of anilines is 3. The molecule has 2 saturated heterocycles. The Bertz CT molecular complexity index is 1670. The first-order chi connectivity index (χ1) is 19.3. The van der Waals surface area contributed by atoms with Crippen LogP contribution in [0.25, 0.3) is 22.2 Å². The van der Waals surface area contributed by atoms with Gasteiger partial charge >= 0.3 is 6.18 Å². The fourth-order valence-corrected chi connectivity index (χ4v) is 6.87. The van der Waals surface area contributed by atoms with Crippen molar-refractivity contribution in [2.45, 2.75) is 32.2 Å². The van der Waals surface area contributed by atoms with Gasteiger partial charge in [0.2, 0.25) is 11.8 Å². The van der Waals surface area contributed by atoms with Crippen molar-refractivity contribution in [2.75, 3.05) is 59.8 Å². The lowest BCUT2D eigenvalue weighted by atomic mass is 9.96. The van der Waals surface area contributed by atoms with E-state index in [-0.39, 0.29) is 59.2 Å². The SMILES string of the molecule is Cc1c(F)c(N)cc(-c2nc3c4c(nc(N5CCS(=O)(=O)CC5)nc4c2F)N2CCNC[C@H]2[C@H](C)O3)c1C(F)(F)F. The standard InChI is InChI=1S/C25H26F5N7O3S/c1-11-17(25(28,29)30)13(9-14(31)18(11)26)20-19(27)21-16-22(35-24(34-21)36-5-7-41(38,39)8-6-36)37-4-3-32-10-15(37)12(2)40-23(16)33-20/h9,12,15,32H,3-8,10,31H2,1-2H3/t12-,15-/m0/s1. The quantitative estimate of drug-likeness (QED) is 0.335. The van der Waals surface area contributed by atoms with Gasteiger partial charge in [0.1, 0.15) is 34.3 Å². The summed E-state index contributed by atoms with van der Waals surface area (Å²) in [4.78, 5) is 16.8. The summed E-state index contributed by atoms with van der Waals surface area (Å²) in [5, 5.41) is 3.35. The van der Waals surface area contributed by atoms with Crippen LogP contribution < -0.4 is 25.6 Å². The lowest BCUT2D eigenvalue weighted by Crippen LogP contribution is -2.57. The highest BCUT2D eigenvalue weighted by Gasteiger charge is 2.41. The number of sulfone groups is 1. The molecule has 3 aliphatic rings. The van der Waals surface area contributed by atoms with Crippen LogP contribution in [-0.2, 0) is 16.0 Å². The van der Waals surface area contributed by atoms with Crippen LogP contribution in [0.2, 0.25) is 0 Å². The Morgan fingerprint density at radius 1 is 1.10 bits per heavy atom. The van der Waals surface area contributed by atoms with Crippen molar-refractivity contribution in [3.8, 4) is 17.1 Å². The van der Waals surface area contributed by atoms with E-state index in [0.29, 0.717) is 25.7 Å². The zero-order valence-corrected chi connectivity index (χ0v) is 22.8. The van der Waals surface area contributed by atoms with Gasteiger partial charge in [-0.1, -0.05) is 0 Å². The van der Waals surface area contributed by atoms with E-state index in [1.807, 2.05) is 4.90 Å². The second kappa shape index (κ2) is 9.51. The minimum atomic E-state index is -5.06. The van der Waals surface area contributed by atoms with Crippen LogP contribution in [0.1, 0.15) is 18.1 Å². The Morgan fingerprint density at radius 2 is 1.80 bits per heavy atom. The second-order valence-corrected chi connectivity index (χ2v) is 12.7. The molecule has 0 spiro atoms. The van der Waals surface area contributed by atoms with E-state index in [2.05, 4.69) is 15.3 Å². The molecule has 0 saturated carbocycles. The van der Waals surface area contributed by atoms with Gasteiger partial charge in [-0.05, 0) is 25.5 Å². The maximum atomic E-state index is 16.5. The molecule has 10 nitrogen and oxygen atoms in total. The number of nitrogens with zero attached hydrogens (tertiary/aromatic N) is 5. The van der Waals surface area contributed by atoms with Gasteiger partial charge in [0.05, 0.1) is 28.8 Å². The smallest absolute Gasteiger partial charge is 0.417 e. The summed E-state index contributed by atoms with van der Waals surface area (Å²) in [7, 11) is -3.26. The molecule has 3 aromatic rings. The molecule has 6 rings (SSSR count). The average molecular weight is 600 g/mol. The summed E-state index contributed by atoms with van der Waals surface area (Å²) in [5.41, 5.74) is 1.02. The van der Waals surface area contributed by atoms with Gasteiger partial charge in [-0.15, -0.1) is 0 Å². The number of nitrogens with two attached hydrogens (primary N) is 1. The Kier molecular flexibility index (Phi) is 6.41. The number of halogens is 5. The van der Waals surface area contributed by atoms with Crippen molar-refractivity contribution in [2.24, 2.45) is 0 Å². The van der Waals surface area contributed by atoms with Gasteiger partial charge in [-0.3, -0.25) is 0 Å². The number of benzene rings is 1. The van der Waals surface area contributed by atoms with Crippen molar-refractivity contribution < 1.29 is 35.1 Å². The molecule has 41 heavy (non-hydrogen) atoms. The Balaban J connectivity index is 1.65. The van der Waals surface area contributed by atoms with E-state index in [1.54, 1.807) is 11.8 Å². The van der Waals surface area contributed by atoms with Crippen molar-refractivity contribution >= 4 is 38.2 Å². The largest absolute Gasteiger partial charge is 0.472 e. The third-order valence-corrected chi connectivity index (χ3v) is 9.42. The van der Waals surface area contributed by atoms with Crippen molar-refractivity contribution in [3.05, 3.63) is 28.8 Å². The maximum absolute atomic E-state index is 16.5. The summed E-state index contributed by atoms with van der Waals surface area (Å²) in [6, 6.07) is 0.424. The first-order valence-corrected chi connectivity index (χ1v) is 14.8. The number of ether oxygens (including phenoxy) is 1. The summed E-state index contributed by atoms with van der Waals surface area (Å²) in [5.74, 6) is -2.62. The number of rotatable bonds is 2. The van der Waals surface area contributed by atoms with Crippen molar-refractivity contribution in [3.63, 3.8) is 0 Å². The zero-order valence-electron chi connectivity index (χ0n) is 22.0. The summed E-state index contributed by atoms with van der Waals surface area (Å²) in [6.45, 7) is 4.33. The topological polar surface area (TPSA) is 127 Å². The van der Waals surface area contributed by atoms with Crippen LogP contribution in [0.3, 0.4) is 0 Å². The molecule has 2 fully saturated rings. The predicted octanol–water partition coefficient (Wildman–Crippen LogP) is 2.67. The third kappa shape index (κ3) is 4.56. The van der Waals surface area contributed by atoms with E-state index in [4.69, 9.17) is 15.5 Å². The van der Waals surface area contributed by atoms with E-state index in [1.165, 1.54) is 0 Å². The Hall–Kier alpha value is -3.53. The lowest BCUT2D eigenvalue weighted by molar-refractivity contribution is -0.137. The van der Waals surface area contributed by atoms with Gasteiger partial charge in [0.15, 0.2) is 15.7 Å². The molecule has 2 atom stereocenters. The van der Waals surface area contributed by atoms with E-state index in [0.717, 1.165) is 6.92 Å². The first-order valence-electron chi connectivity index (χ1n) is 12.9. The molecular weight excluding hydrogens is 573 g/mol. The number of piperazine rings is 1. The van der Waals surface area contributed by atoms with Crippen LogP contribution >= 0.6 is 0 Å². The van der Waals surface area contributed by atoms with Gasteiger partial charge < -0.3 is 25.6 Å². The molecule has 0 amide bonds. The number of alkyl halides is 3. The zero-order chi connectivity index (χ0) is 29.4. The fraction of sp³-hybridized carbons (Fsp3) is 0.480. The molecule has 0 bridgehead atoms. The maximum Gasteiger partial charge on any atom is 0.417 e. The predicted molar refractivity (Wildman–Crippen MR) is 142 cm³/mol. The molecule has 0 aliphatic carbocycles. The van der Waals surface area contributed by atoms with Gasteiger partial charge in [-0.25, -0.2) is 27.2 Å².